The van der Waals surface area contributed by atoms with E-state index in [2.05, 4.69) is 30.4 Å². The minimum absolute atomic E-state index is 0.00431. The number of carbonyl (C=O) groups is 1. The number of anilines is 2. The van der Waals surface area contributed by atoms with Gasteiger partial charge in [-0.2, -0.15) is 0 Å². The van der Waals surface area contributed by atoms with E-state index in [1.54, 1.807) is 24.1 Å². The van der Waals surface area contributed by atoms with E-state index in [-0.39, 0.29) is 11.8 Å². The van der Waals surface area contributed by atoms with Gasteiger partial charge < -0.3 is 10.2 Å². The normalized spacial score (nSPS) is 18.8. The van der Waals surface area contributed by atoms with Crippen molar-refractivity contribution in [2.24, 2.45) is 5.92 Å². The third kappa shape index (κ3) is 2.90. The van der Waals surface area contributed by atoms with Crippen LogP contribution in [0.1, 0.15) is 12.8 Å². The van der Waals surface area contributed by atoms with E-state index < -0.39 is 0 Å². The Balaban J connectivity index is 1.64. The van der Waals surface area contributed by atoms with Gasteiger partial charge in [0.1, 0.15) is 11.3 Å². The van der Waals surface area contributed by atoms with Crippen molar-refractivity contribution in [1.29, 1.82) is 0 Å². The lowest BCUT2D eigenvalue weighted by Gasteiger charge is -2.32. The molecule has 2 aromatic rings. The summed E-state index contributed by atoms with van der Waals surface area (Å²) in [5, 5.41) is 10.9. The minimum atomic E-state index is -0.0605. The van der Waals surface area contributed by atoms with Crippen LogP contribution in [0.25, 0.3) is 0 Å². The van der Waals surface area contributed by atoms with Crippen molar-refractivity contribution in [1.82, 2.24) is 20.2 Å². The van der Waals surface area contributed by atoms with E-state index in [9.17, 15) is 4.79 Å². The third-order valence-corrected chi connectivity index (χ3v) is 3.86. The molecule has 0 aliphatic carbocycles. The standard InChI is InChI=1S/C12H14N6OS/c19-11(16-12-17-15-8-20-12)9-2-1-5-18(7-9)10-6-13-3-4-14-10/h3-4,6,8-9H,1-2,5,7H2,(H,16,17,19)/t9-/m0/s1. The van der Waals surface area contributed by atoms with Crippen LogP contribution in [0.2, 0.25) is 0 Å². The van der Waals surface area contributed by atoms with Gasteiger partial charge >= 0.3 is 0 Å². The number of hydrogen-bond donors (Lipinski definition) is 1. The third-order valence-electron chi connectivity index (χ3n) is 3.26. The van der Waals surface area contributed by atoms with E-state index in [4.69, 9.17) is 0 Å². The molecule has 0 bridgehead atoms. The second-order valence-electron chi connectivity index (χ2n) is 4.58. The summed E-state index contributed by atoms with van der Waals surface area (Å²) < 4.78 is 0. The molecule has 1 amide bonds. The zero-order valence-corrected chi connectivity index (χ0v) is 11.6. The lowest BCUT2D eigenvalue weighted by atomic mass is 9.97. The Bertz CT molecular complexity index is 561. The Morgan fingerprint density at radius 3 is 3.15 bits per heavy atom. The molecule has 3 rings (SSSR count). The molecule has 3 heterocycles. The molecule has 1 atom stereocenters. The molecular formula is C12H14N6OS. The highest BCUT2D eigenvalue weighted by molar-refractivity contribution is 7.13. The summed E-state index contributed by atoms with van der Waals surface area (Å²) in [6.07, 6.45) is 6.88. The summed E-state index contributed by atoms with van der Waals surface area (Å²) in [5.74, 6) is 0.755. The van der Waals surface area contributed by atoms with E-state index in [0.717, 1.165) is 25.2 Å². The van der Waals surface area contributed by atoms with Gasteiger partial charge in [-0.15, -0.1) is 10.2 Å². The van der Waals surface area contributed by atoms with Gasteiger partial charge in [0, 0.05) is 25.5 Å². The first-order valence-electron chi connectivity index (χ1n) is 6.41. The molecule has 20 heavy (non-hydrogen) atoms. The molecule has 0 aromatic carbocycles. The van der Waals surface area contributed by atoms with Gasteiger partial charge in [0.15, 0.2) is 0 Å². The number of amides is 1. The van der Waals surface area contributed by atoms with Crippen LogP contribution in [0.3, 0.4) is 0 Å². The van der Waals surface area contributed by atoms with Crippen molar-refractivity contribution in [2.75, 3.05) is 23.3 Å². The largest absolute Gasteiger partial charge is 0.355 e. The number of piperidine rings is 1. The van der Waals surface area contributed by atoms with Gasteiger partial charge in [-0.1, -0.05) is 11.3 Å². The molecule has 1 N–H and O–H groups in total. The second-order valence-corrected chi connectivity index (χ2v) is 5.42. The summed E-state index contributed by atoms with van der Waals surface area (Å²) in [4.78, 5) is 22.7. The lowest BCUT2D eigenvalue weighted by molar-refractivity contribution is -0.120. The maximum atomic E-state index is 12.2. The van der Waals surface area contributed by atoms with E-state index in [1.165, 1.54) is 11.3 Å². The predicted octanol–water partition coefficient (Wildman–Crippen LogP) is 1.18. The van der Waals surface area contributed by atoms with Crippen molar-refractivity contribution in [3.05, 3.63) is 24.1 Å². The first-order valence-corrected chi connectivity index (χ1v) is 7.29. The van der Waals surface area contributed by atoms with Gasteiger partial charge in [-0.3, -0.25) is 9.78 Å². The van der Waals surface area contributed by atoms with Crippen molar-refractivity contribution >= 4 is 28.2 Å². The highest BCUT2D eigenvalue weighted by Gasteiger charge is 2.27. The molecule has 1 aliphatic heterocycles. The average molecular weight is 290 g/mol. The Labute approximate surface area is 120 Å². The second kappa shape index (κ2) is 5.91. The Morgan fingerprint density at radius 2 is 2.40 bits per heavy atom. The SMILES string of the molecule is O=C(Nc1nncs1)[C@H]1CCCN(c2cnccn2)C1. The van der Waals surface area contributed by atoms with E-state index in [1.807, 2.05) is 0 Å². The fraction of sp³-hybridized carbons (Fsp3) is 0.417. The Hall–Kier alpha value is -2.09. The fourth-order valence-corrected chi connectivity index (χ4v) is 2.74. The summed E-state index contributed by atoms with van der Waals surface area (Å²) in [6, 6.07) is 0. The zero-order valence-electron chi connectivity index (χ0n) is 10.8. The number of aromatic nitrogens is 4. The van der Waals surface area contributed by atoms with Crippen molar-refractivity contribution in [3.63, 3.8) is 0 Å². The Kier molecular flexibility index (Phi) is 3.82. The van der Waals surface area contributed by atoms with Crippen LogP contribution in [0, 0.1) is 5.92 Å². The molecule has 1 fully saturated rings. The quantitative estimate of drug-likeness (QED) is 0.914. The molecule has 8 heteroatoms. The van der Waals surface area contributed by atoms with Gasteiger partial charge in [0.05, 0.1) is 12.1 Å². The van der Waals surface area contributed by atoms with Gasteiger partial charge in [-0.05, 0) is 12.8 Å². The number of nitrogens with one attached hydrogen (secondary N) is 1. The number of carbonyl (C=O) groups excluding carboxylic acids is 1. The zero-order chi connectivity index (χ0) is 13.8. The van der Waals surface area contributed by atoms with Crippen LogP contribution in [-0.2, 0) is 4.79 Å². The lowest BCUT2D eigenvalue weighted by Crippen LogP contribution is -2.41. The monoisotopic (exact) mass is 290 g/mol. The molecule has 0 radical (unpaired) electrons. The van der Waals surface area contributed by atoms with Crippen LogP contribution in [-0.4, -0.2) is 39.2 Å². The summed E-state index contributed by atoms with van der Waals surface area (Å²) >= 11 is 1.32. The number of hydrogen-bond acceptors (Lipinski definition) is 7. The highest BCUT2D eigenvalue weighted by atomic mass is 32.1. The maximum absolute atomic E-state index is 12.2. The maximum Gasteiger partial charge on any atom is 0.231 e. The van der Waals surface area contributed by atoms with E-state index in [0.29, 0.717) is 11.7 Å². The summed E-state index contributed by atoms with van der Waals surface area (Å²) in [5.41, 5.74) is 1.60. The first-order chi connectivity index (χ1) is 9.83. The fourth-order valence-electron chi connectivity index (χ4n) is 2.29. The minimum Gasteiger partial charge on any atom is -0.355 e. The molecule has 0 unspecified atom stereocenters. The van der Waals surface area contributed by atoms with Crippen LogP contribution in [0.4, 0.5) is 10.9 Å². The van der Waals surface area contributed by atoms with Crippen molar-refractivity contribution in [3.8, 4) is 0 Å². The van der Waals surface area contributed by atoms with Gasteiger partial charge in [-0.25, -0.2) is 4.98 Å². The molecular weight excluding hydrogens is 276 g/mol. The van der Waals surface area contributed by atoms with Crippen LogP contribution < -0.4 is 10.2 Å². The van der Waals surface area contributed by atoms with Crippen LogP contribution >= 0.6 is 11.3 Å². The van der Waals surface area contributed by atoms with Crippen molar-refractivity contribution < 1.29 is 4.79 Å². The topological polar surface area (TPSA) is 83.9 Å². The number of rotatable bonds is 3. The average Bonchev–Trinajstić information content (AvgIpc) is 3.01. The Morgan fingerprint density at radius 1 is 1.45 bits per heavy atom. The molecule has 2 aromatic heterocycles. The molecule has 1 saturated heterocycles. The first kappa shape index (κ1) is 12.9. The predicted molar refractivity (Wildman–Crippen MR) is 75.5 cm³/mol. The molecule has 0 spiro atoms. The van der Waals surface area contributed by atoms with Gasteiger partial charge in [0.2, 0.25) is 11.0 Å². The summed E-state index contributed by atoms with van der Waals surface area (Å²) in [6.45, 7) is 1.56. The smallest absolute Gasteiger partial charge is 0.231 e. The highest BCUT2D eigenvalue weighted by Crippen LogP contribution is 2.22. The van der Waals surface area contributed by atoms with Crippen molar-refractivity contribution in [2.45, 2.75) is 12.8 Å². The molecule has 1 aliphatic rings. The van der Waals surface area contributed by atoms with Crippen LogP contribution in [0.15, 0.2) is 24.1 Å². The number of nitrogens with zero attached hydrogens (tertiary/aromatic N) is 5. The van der Waals surface area contributed by atoms with E-state index >= 15 is 0 Å². The molecule has 104 valence electrons. The summed E-state index contributed by atoms with van der Waals surface area (Å²) in [7, 11) is 0. The molecule has 0 saturated carbocycles. The van der Waals surface area contributed by atoms with Gasteiger partial charge in [0.25, 0.3) is 0 Å². The van der Waals surface area contributed by atoms with Crippen LogP contribution in [0.5, 0.6) is 0 Å². The molecule has 7 nitrogen and oxygen atoms in total.